The van der Waals surface area contributed by atoms with Crippen molar-refractivity contribution in [1.29, 1.82) is 0 Å². The second-order valence-electron chi connectivity index (χ2n) is 6.08. The van der Waals surface area contributed by atoms with Gasteiger partial charge in [-0.2, -0.15) is 0 Å². The van der Waals surface area contributed by atoms with Crippen LogP contribution >= 0.6 is 11.6 Å². The summed E-state index contributed by atoms with van der Waals surface area (Å²) in [6.45, 7) is 3.11. The SMILES string of the molecule is Cc1cccc(CNc2cncc(C(=O)NCc3ccccc3Cl)c2)c1. The average Bonchev–Trinajstić information content (AvgIpc) is 2.66. The average molecular weight is 366 g/mol. The molecule has 132 valence electrons. The molecule has 0 saturated carbocycles. The van der Waals surface area contributed by atoms with Gasteiger partial charge in [0.25, 0.3) is 5.91 Å². The molecule has 4 nitrogen and oxygen atoms in total. The number of aromatic nitrogens is 1. The first-order valence-electron chi connectivity index (χ1n) is 8.38. The summed E-state index contributed by atoms with van der Waals surface area (Å²) >= 11 is 6.12. The number of carbonyl (C=O) groups excluding carboxylic acids is 1. The van der Waals surface area contributed by atoms with E-state index in [2.05, 4.69) is 40.7 Å². The lowest BCUT2D eigenvalue weighted by Crippen LogP contribution is -2.23. The van der Waals surface area contributed by atoms with Crippen molar-refractivity contribution in [3.63, 3.8) is 0 Å². The molecule has 26 heavy (non-hydrogen) atoms. The Bertz CT molecular complexity index is 911. The van der Waals surface area contributed by atoms with Crippen molar-refractivity contribution in [1.82, 2.24) is 10.3 Å². The summed E-state index contributed by atoms with van der Waals surface area (Å²) in [6, 6.07) is 17.5. The molecular weight excluding hydrogens is 346 g/mol. The number of hydrogen-bond acceptors (Lipinski definition) is 3. The molecule has 2 N–H and O–H groups in total. The molecule has 2 aromatic carbocycles. The van der Waals surface area contributed by atoms with Gasteiger partial charge in [0, 0.05) is 30.5 Å². The summed E-state index contributed by atoms with van der Waals surface area (Å²) in [4.78, 5) is 16.5. The van der Waals surface area contributed by atoms with Crippen LogP contribution in [0.25, 0.3) is 0 Å². The van der Waals surface area contributed by atoms with Gasteiger partial charge in [-0.15, -0.1) is 0 Å². The summed E-state index contributed by atoms with van der Waals surface area (Å²) < 4.78 is 0. The van der Waals surface area contributed by atoms with Crippen LogP contribution in [-0.2, 0) is 13.1 Å². The van der Waals surface area contributed by atoms with Crippen LogP contribution in [0.2, 0.25) is 5.02 Å². The first-order valence-corrected chi connectivity index (χ1v) is 8.76. The zero-order valence-electron chi connectivity index (χ0n) is 14.5. The molecule has 0 atom stereocenters. The monoisotopic (exact) mass is 365 g/mol. The van der Waals surface area contributed by atoms with Crippen LogP contribution in [0.5, 0.6) is 0 Å². The van der Waals surface area contributed by atoms with Crippen molar-refractivity contribution in [2.75, 3.05) is 5.32 Å². The van der Waals surface area contributed by atoms with Crippen molar-refractivity contribution < 1.29 is 4.79 Å². The molecule has 1 amide bonds. The molecule has 0 saturated heterocycles. The molecule has 3 rings (SSSR count). The molecule has 1 aromatic heterocycles. The summed E-state index contributed by atoms with van der Waals surface area (Å²) in [5.74, 6) is -0.184. The Balaban J connectivity index is 1.61. The number of amides is 1. The van der Waals surface area contributed by atoms with Gasteiger partial charge >= 0.3 is 0 Å². The minimum atomic E-state index is -0.184. The number of aryl methyl sites for hydroxylation is 1. The van der Waals surface area contributed by atoms with Crippen LogP contribution in [0.15, 0.2) is 67.0 Å². The van der Waals surface area contributed by atoms with Gasteiger partial charge in [-0.1, -0.05) is 59.6 Å². The van der Waals surface area contributed by atoms with E-state index < -0.39 is 0 Å². The molecular formula is C21H20ClN3O. The Morgan fingerprint density at radius 1 is 1.04 bits per heavy atom. The van der Waals surface area contributed by atoms with E-state index in [1.54, 1.807) is 24.5 Å². The first kappa shape index (κ1) is 18.0. The quantitative estimate of drug-likeness (QED) is 0.672. The predicted octanol–water partition coefficient (Wildman–Crippen LogP) is 4.59. The van der Waals surface area contributed by atoms with Crippen LogP contribution in [0.3, 0.4) is 0 Å². The molecule has 0 fully saturated rings. The molecule has 0 aliphatic heterocycles. The fraction of sp³-hybridized carbons (Fsp3) is 0.143. The molecule has 0 radical (unpaired) electrons. The van der Waals surface area contributed by atoms with E-state index in [0.717, 1.165) is 11.3 Å². The molecule has 0 aliphatic carbocycles. The zero-order valence-corrected chi connectivity index (χ0v) is 15.3. The number of pyridine rings is 1. The summed E-state index contributed by atoms with van der Waals surface area (Å²) in [7, 11) is 0. The number of rotatable bonds is 6. The van der Waals surface area contributed by atoms with Gasteiger partial charge in [0.15, 0.2) is 0 Å². The standard InChI is InChI=1S/C21H20ClN3O/c1-15-5-4-6-16(9-15)11-24-19-10-18(12-23-14-19)21(26)25-13-17-7-2-3-8-20(17)22/h2-10,12,14,24H,11,13H2,1H3,(H,25,26). The lowest BCUT2D eigenvalue weighted by molar-refractivity contribution is 0.0950. The minimum Gasteiger partial charge on any atom is -0.380 e. The van der Waals surface area contributed by atoms with Crippen LogP contribution in [0, 0.1) is 6.92 Å². The van der Waals surface area contributed by atoms with Crippen molar-refractivity contribution in [3.05, 3.63) is 94.3 Å². The smallest absolute Gasteiger partial charge is 0.253 e. The lowest BCUT2D eigenvalue weighted by atomic mass is 10.1. The van der Waals surface area contributed by atoms with Gasteiger partial charge in [-0.3, -0.25) is 9.78 Å². The van der Waals surface area contributed by atoms with Gasteiger partial charge in [-0.25, -0.2) is 0 Å². The molecule has 0 aliphatic rings. The van der Waals surface area contributed by atoms with E-state index in [0.29, 0.717) is 23.7 Å². The third-order valence-electron chi connectivity index (χ3n) is 3.98. The van der Waals surface area contributed by atoms with Gasteiger partial charge < -0.3 is 10.6 Å². The number of anilines is 1. The highest BCUT2D eigenvalue weighted by atomic mass is 35.5. The molecule has 5 heteroatoms. The van der Waals surface area contributed by atoms with E-state index in [1.165, 1.54) is 11.1 Å². The summed E-state index contributed by atoms with van der Waals surface area (Å²) in [5.41, 5.74) is 4.58. The van der Waals surface area contributed by atoms with E-state index in [9.17, 15) is 4.79 Å². The zero-order chi connectivity index (χ0) is 18.4. The molecule has 1 heterocycles. The van der Waals surface area contributed by atoms with Gasteiger partial charge in [0.05, 0.1) is 11.3 Å². The third-order valence-corrected chi connectivity index (χ3v) is 4.35. The van der Waals surface area contributed by atoms with Crippen molar-refractivity contribution >= 4 is 23.2 Å². The molecule has 0 spiro atoms. The van der Waals surface area contributed by atoms with Gasteiger partial charge in [0.2, 0.25) is 0 Å². The summed E-state index contributed by atoms with van der Waals surface area (Å²) in [6.07, 6.45) is 3.26. The Hall–Kier alpha value is -2.85. The van der Waals surface area contributed by atoms with Crippen LogP contribution in [-0.4, -0.2) is 10.9 Å². The number of nitrogens with zero attached hydrogens (tertiary/aromatic N) is 1. The fourth-order valence-electron chi connectivity index (χ4n) is 2.61. The molecule has 0 bridgehead atoms. The Labute approximate surface area is 158 Å². The highest BCUT2D eigenvalue weighted by molar-refractivity contribution is 6.31. The number of carbonyl (C=O) groups is 1. The van der Waals surface area contributed by atoms with Crippen LogP contribution < -0.4 is 10.6 Å². The molecule has 3 aromatic rings. The van der Waals surface area contributed by atoms with Crippen molar-refractivity contribution in [3.8, 4) is 0 Å². The van der Waals surface area contributed by atoms with Gasteiger partial charge in [0.1, 0.15) is 0 Å². The minimum absolute atomic E-state index is 0.184. The Kier molecular flexibility index (Phi) is 5.87. The van der Waals surface area contributed by atoms with E-state index >= 15 is 0 Å². The van der Waals surface area contributed by atoms with E-state index in [4.69, 9.17) is 11.6 Å². The third kappa shape index (κ3) is 4.83. The second kappa shape index (κ2) is 8.50. The maximum atomic E-state index is 12.4. The number of nitrogens with one attached hydrogen (secondary N) is 2. The predicted molar refractivity (Wildman–Crippen MR) is 105 cm³/mol. The second-order valence-corrected chi connectivity index (χ2v) is 6.49. The number of halogens is 1. The first-order chi connectivity index (χ1) is 12.6. The summed E-state index contributed by atoms with van der Waals surface area (Å²) in [5, 5.41) is 6.81. The lowest BCUT2D eigenvalue weighted by Gasteiger charge is -2.10. The highest BCUT2D eigenvalue weighted by Crippen LogP contribution is 2.15. The van der Waals surface area contributed by atoms with E-state index in [-0.39, 0.29) is 5.91 Å². The number of hydrogen-bond donors (Lipinski definition) is 2. The molecule has 0 unspecified atom stereocenters. The number of benzene rings is 2. The maximum absolute atomic E-state index is 12.4. The van der Waals surface area contributed by atoms with Crippen molar-refractivity contribution in [2.24, 2.45) is 0 Å². The van der Waals surface area contributed by atoms with Crippen LogP contribution in [0.1, 0.15) is 27.0 Å². The van der Waals surface area contributed by atoms with Gasteiger partial charge in [-0.05, 0) is 30.2 Å². The van der Waals surface area contributed by atoms with Crippen molar-refractivity contribution in [2.45, 2.75) is 20.0 Å². The Morgan fingerprint density at radius 3 is 2.69 bits per heavy atom. The van der Waals surface area contributed by atoms with E-state index in [1.807, 2.05) is 24.3 Å². The Morgan fingerprint density at radius 2 is 1.88 bits per heavy atom. The highest BCUT2D eigenvalue weighted by Gasteiger charge is 2.08. The largest absolute Gasteiger partial charge is 0.380 e. The maximum Gasteiger partial charge on any atom is 0.253 e. The fourth-order valence-corrected chi connectivity index (χ4v) is 2.81. The normalized spacial score (nSPS) is 10.4. The van der Waals surface area contributed by atoms with Crippen LogP contribution in [0.4, 0.5) is 5.69 Å². The topological polar surface area (TPSA) is 54.0 Å².